The quantitative estimate of drug-likeness (QED) is 0.503. The summed E-state index contributed by atoms with van der Waals surface area (Å²) in [6.45, 7) is 3.55. The molecule has 1 N–H and O–H groups in total. The lowest BCUT2D eigenvalue weighted by molar-refractivity contribution is -0.392. The average molecular weight is 300 g/mol. The van der Waals surface area contributed by atoms with Crippen molar-refractivity contribution >= 4 is 16.9 Å². The maximum atomic E-state index is 11.5. The fourth-order valence-electron chi connectivity index (χ4n) is 1.84. The van der Waals surface area contributed by atoms with E-state index in [9.17, 15) is 18.9 Å². The zero-order chi connectivity index (χ0) is 14.9. The first kappa shape index (κ1) is 14.3. The summed E-state index contributed by atoms with van der Waals surface area (Å²) in [6.07, 6.45) is 2.46. The van der Waals surface area contributed by atoms with Gasteiger partial charge in [0.05, 0.1) is 12.7 Å². The maximum Gasteiger partial charge on any atom is 0.342 e. The van der Waals surface area contributed by atoms with Gasteiger partial charge in [-0.2, -0.15) is 0 Å². The summed E-state index contributed by atoms with van der Waals surface area (Å²) >= 11 is -2.37. The molecule has 2 unspecified atom stereocenters. The van der Waals surface area contributed by atoms with Crippen LogP contribution in [-0.2, 0) is 17.6 Å². The first-order valence-corrected chi connectivity index (χ1v) is 6.84. The number of hydrogen-bond donors (Lipinski definition) is 1. The van der Waals surface area contributed by atoms with Crippen LogP contribution in [0.3, 0.4) is 0 Å². The summed E-state index contributed by atoms with van der Waals surface area (Å²) in [5.74, 6) is 0.293. The second-order valence-electron chi connectivity index (χ2n) is 3.94. The van der Waals surface area contributed by atoms with Crippen molar-refractivity contribution in [2.45, 2.75) is 25.6 Å². The van der Waals surface area contributed by atoms with Gasteiger partial charge in [0.15, 0.2) is 11.1 Å². The lowest BCUT2D eigenvalue weighted by atomic mass is 10.4. The van der Waals surface area contributed by atoms with E-state index in [4.69, 9.17) is 4.42 Å². The smallest absolute Gasteiger partial charge is 0.342 e. The maximum absolute atomic E-state index is 11.5. The van der Waals surface area contributed by atoms with E-state index in [0.29, 0.717) is 5.76 Å². The first-order valence-electron chi connectivity index (χ1n) is 5.67. The molecule has 9 nitrogen and oxygen atoms in total. The Morgan fingerprint density at radius 2 is 2.25 bits per heavy atom. The first-order chi connectivity index (χ1) is 9.45. The molecule has 0 aromatic carbocycles. The number of aromatic nitrogens is 3. The second-order valence-corrected chi connectivity index (χ2v) is 4.97. The van der Waals surface area contributed by atoms with Crippen molar-refractivity contribution in [2.24, 2.45) is 0 Å². The van der Waals surface area contributed by atoms with Crippen LogP contribution in [0.25, 0.3) is 0 Å². The van der Waals surface area contributed by atoms with Gasteiger partial charge in [0.2, 0.25) is 17.0 Å². The number of nitrogens with zero attached hydrogens (tertiary/aromatic N) is 4. The fraction of sp³-hybridized carbons (Fsp3) is 0.400. The zero-order valence-corrected chi connectivity index (χ0v) is 11.5. The van der Waals surface area contributed by atoms with E-state index in [-0.39, 0.29) is 24.1 Å². The number of oxazole rings is 1. The monoisotopic (exact) mass is 300 g/mol. The molecule has 0 amide bonds. The number of nitro groups is 1. The molecule has 0 saturated carbocycles. The summed E-state index contributed by atoms with van der Waals surface area (Å²) in [6, 6.07) is 0. The van der Waals surface area contributed by atoms with E-state index in [2.05, 4.69) is 9.97 Å². The Balaban J connectivity index is 2.56. The molecular formula is C10H12N4O5S. The molecule has 0 bridgehead atoms. The van der Waals surface area contributed by atoms with Crippen LogP contribution in [0.2, 0.25) is 0 Å². The van der Waals surface area contributed by atoms with Crippen LogP contribution >= 0.6 is 0 Å². The Kier molecular flexibility index (Phi) is 3.95. The molecule has 2 rings (SSSR count). The van der Waals surface area contributed by atoms with Crippen molar-refractivity contribution in [1.29, 1.82) is 0 Å². The van der Waals surface area contributed by atoms with Gasteiger partial charge in [-0.3, -0.25) is 0 Å². The highest BCUT2D eigenvalue weighted by Crippen LogP contribution is 2.29. The molecule has 0 spiro atoms. The molecule has 0 radical (unpaired) electrons. The van der Waals surface area contributed by atoms with Crippen molar-refractivity contribution in [3.63, 3.8) is 0 Å². The van der Waals surface area contributed by atoms with E-state index >= 15 is 0 Å². The van der Waals surface area contributed by atoms with Crippen LogP contribution in [0, 0.1) is 17.0 Å². The highest BCUT2D eigenvalue weighted by atomic mass is 32.2. The summed E-state index contributed by atoms with van der Waals surface area (Å²) in [5, 5.41) is 9.73. The minimum absolute atomic E-state index is 0.00136. The molecule has 2 aromatic heterocycles. The predicted octanol–water partition coefficient (Wildman–Crippen LogP) is 1.42. The topological polar surface area (TPSA) is 124 Å². The molecule has 0 fully saturated rings. The largest absolute Gasteiger partial charge is 0.444 e. The van der Waals surface area contributed by atoms with Crippen LogP contribution in [-0.4, -0.2) is 28.2 Å². The number of rotatable bonds is 5. The van der Waals surface area contributed by atoms with Crippen molar-refractivity contribution in [1.82, 2.24) is 14.5 Å². The molecule has 108 valence electrons. The molecule has 0 saturated heterocycles. The molecule has 2 heterocycles. The molecule has 0 aliphatic heterocycles. The summed E-state index contributed by atoms with van der Waals surface area (Å²) in [7, 11) is 0. The van der Waals surface area contributed by atoms with Gasteiger partial charge < -0.3 is 19.1 Å². The molecule has 2 atom stereocenters. The minimum atomic E-state index is -2.37. The summed E-state index contributed by atoms with van der Waals surface area (Å²) in [5.41, 5.74) is 0. The Morgan fingerprint density at radius 1 is 1.55 bits per heavy atom. The summed E-state index contributed by atoms with van der Waals surface area (Å²) < 4.78 is 27.5. The highest BCUT2D eigenvalue weighted by Gasteiger charge is 2.35. The van der Waals surface area contributed by atoms with Crippen molar-refractivity contribution in [3.8, 4) is 0 Å². The molecule has 20 heavy (non-hydrogen) atoms. The van der Waals surface area contributed by atoms with Gasteiger partial charge >= 0.3 is 5.82 Å². The predicted molar refractivity (Wildman–Crippen MR) is 68.4 cm³/mol. The third-order valence-electron chi connectivity index (χ3n) is 2.67. The molecule has 2 aromatic rings. The molecule has 0 aliphatic carbocycles. The van der Waals surface area contributed by atoms with Crippen LogP contribution in [0.4, 0.5) is 5.82 Å². The number of hydrogen-bond acceptors (Lipinski definition) is 6. The SMILES string of the molecule is CCn1c([N+](=O)[O-])cnc1C(c1ncc(C)o1)S(=O)O. The van der Waals surface area contributed by atoms with Gasteiger partial charge in [-0.25, -0.2) is 18.7 Å². The number of imidazole rings is 1. The van der Waals surface area contributed by atoms with Gasteiger partial charge in [-0.1, -0.05) is 0 Å². The minimum Gasteiger partial charge on any atom is -0.444 e. The van der Waals surface area contributed by atoms with E-state index in [1.807, 2.05) is 0 Å². The lowest BCUT2D eigenvalue weighted by Crippen LogP contribution is -2.15. The zero-order valence-electron chi connectivity index (χ0n) is 10.7. The van der Waals surface area contributed by atoms with Crippen LogP contribution in [0.15, 0.2) is 16.8 Å². The van der Waals surface area contributed by atoms with Gasteiger partial charge in [0.25, 0.3) is 0 Å². The van der Waals surface area contributed by atoms with E-state index < -0.39 is 21.3 Å². The second kappa shape index (κ2) is 5.51. The Labute approximate surface area is 116 Å². The lowest BCUT2D eigenvalue weighted by Gasteiger charge is -2.07. The number of aryl methyl sites for hydroxylation is 1. The average Bonchev–Trinajstić information content (AvgIpc) is 2.96. The van der Waals surface area contributed by atoms with Crippen LogP contribution in [0.5, 0.6) is 0 Å². The molecule has 10 heteroatoms. The third kappa shape index (κ3) is 2.47. The third-order valence-corrected chi connectivity index (χ3v) is 3.48. The van der Waals surface area contributed by atoms with Crippen molar-refractivity contribution in [2.75, 3.05) is 0 Å². The van der Waals surface area contributed by atoms with Gasteiger partial charge in [0.1, 0.15) is 12.0 Å². The van der Waals surface area contributed by atoms with E-state index in [1.54, 1.807) is 13.8 Å². The van der Waals surface area contributed by atoms with Crippen LogP contribution in [0.1, 0.15) is 29.6 Å². The van der Waals surface area contributed by atoms with Gasteiger partial charge in [0, 0.05) is 0 Å². The fourth-order valence-corrected chi connectivity index (χ4v) is 2.49. The molecule has 0 aliphatic rings. The summed E-state index contributed by atoms with van der Waals surface area (Å²) in [4.78, 5) is 18.1. The highest BCUT2D eigenvalue weighted by molar-refractivity contribution is 7.79. The van der Waals surface area contributed by atoms with Gasteiger partial charge in [-0.15, -0.1) is 0 Å². The normalized spacial score (nSPS) is 14.2. The van der Waals surface area contributed by atoms with Crippen LogP contribution < -0.4 is 0 Å². The van der Waals surface area contributed by atoms with E-state index in [0.717, 1.165) is 6.20 Å². The Morgan fingerprint density at radius 3 is 2.70 bits per heavy atom. The standard InChI is InChI=1S/C10H12N4O5S/c1-3-13-7(14(15)16)5-11-9(13)8(20(17)18)10-12-4-6(2)19-10/h4-5,8H,3H2,1-2H3,(H,17,18). The molecular weight excluding hydrogens is 288 g/mol. The van der Waals surface area contributed by atoms with Gasteiger partial charge in [-0.05, 0) is 18.8 Å². The van der Waals surface area contributed by atoms with Crippen molar-refractivity contribution < 1.29 is 18.1 Å². The Bertz CT molecular complexity index is 664. The Hall–Kier alpha value is -2.07. The van der Waals surface area contributed by atoms with E-state index in [1.165, 1.54) is 10.8 Å². The van der Waals surface area contributed by atoms with Crippen molar-refractivity contribution in [3.05, 3.63) is 40.0 Å².